The van der Waals surface area contributed by atoms with Crippen LogP contribution in [-0.4, -0.2) is 4.98 Å². The van der Waals surface area contributed by atoms with E-state index in [0.717, 1.165) is 10.4 Å². The third-order valence-electron chi connectivity index (χ3n) is 2.32. The topological polar surface area (TPSA) is 38.9 Å². The number of aromatic nitrogens is 1. The van der Waals surface area contributed by atoms with Crippen LogP contribution in [0.3, 0.4) is 0 Å². The highest BCUT2D eigenvalue weighted by Gasteiger charge is 2.11. The van der Waals surface area contributed by atoms with Gasteiger partial charge in [-0.1, -0.05) is 11.6 Å². The van der Waals surface area contributed by atoms with Crippen molar-refractivity contribution in [3.05, 3.63) is 40.7 Å². The van der Waals surface area contributed by atoms with E-state index in [0.29, 0.717) is 10.6 Å². The minimum Gasteiger partial charge on any atom is -0.323 e. The van der Waals surface area contributed by atoms with E-state index in [9.17, 15) is 4.39 Å². The van der Waals surface area contributed by atoms with Gasteiger partial charge >= 0.3 is 0 Å². The van der Waals surface area contributed by atoms with E-state index in [1.165, 1.54) is 17.4 Å². The Morgan fingerprint density at radius 2 is 2.19 bits per heavy atom. The van der Waals surface area contributed by atoms with Crippen LogP contribution in [0.25, 0.3) is 10.6 Å². The summed E-state index contributed by atoms with van der Waals surface area (Å²) in [6.45, 7) is 3.83. The van der Waals surface area contributed by atoms with Gasteiger partial charge in [-0.15, -0.1) is 11.3 Å². The van der Waals surface area contributed by atoms with Crippen molar-refractivity contribution in [2.24, 2.45) is 5.73 Å². The first-order valence-corrected chi connectivity index (χ1v) is 5.87. The van der Waals surface area contributed by atoms with Crippen molar-refractivity contribution < 1.29 is 4.39 Å². The molecule has 0 aliphatic rings. The van der Waals surface area contributed by atoms with Crippen molar-refractivity contribution in [3.63, 3.8) is 0 Å². The number of nitrogens with zero attached hydrogens (tertiary/aromatic N) is 1. The van der Waals surface area contributed by atoms with E-state index < -0.39 is 0 Å². The number of benzene rings is 1. The second kappa shape index (κ2) is 4.31. The number of nitrogens with two attached hydrogens (primary N) is 1. The zero-order valence-corrected chi connectivity index (χ0v) is 10.0. The van der Waals surface area contributed by atoms with Crippen LogP contribution in [0, 0.1) is 12.7 Å². The zero-order valence-electron chi connectivity index (χ0n) is 9.20. The molecule has 2 N–H and O–H groups in total. The molecule has 0 saturated carbocycles. The first-order valence-electron chi connectivity index (χ1n) is 5.06. The van der Waals surface area contributed by atoms with Gasteiger partial charge in [0.05, 0.1) is 0 Å². The monoisotopic (exact) mass is 236 g/mol. The van der Waals surface area contributed by atoms with Crippen molar-refractivity contribution >= 4 is 11.3 Å². The summed E-state index contributed by atoms with van der Waals surface area (Å²) in [4.78, 5) is 5.18. The predicted octanol–water partition coefficient (Wildman–Crippen LogP) is 3.28. The Morgan fingerprint density at radius 3 is 2.81 bits per heavy atom. The summed E-state index contributed by atoms with van der Waals surface area (Å²) in [5.41, 5.74) is 7.32. The van der Waals surface area contributed by atoms with Crippen molar-refractivity contribution in [1.29, 1.82) is 0 Å². The second-order valence-corrected chi connectivity index (χ2v) is 4.90. The van der Waals surface area contributed by atoms with Crippen LogP contribution in [0.2, 0.25) is 0 Å². The van der Waals surface area contributed by atoms with Crippen LogP contribution >= 0.6 is 11.3 Å². The molecule has 0 aliphatic heterocycles. The standard InChI is InChI=1S/C12H13FN2S/c1-7-3-4-10(13)9(5-7)12-15-6-11(16-12)8(2)14/h3-6,8H,14H2,1-2H3. The Hall–Kier alpha value is -1.26. The van der Waals surface area contributed by atoms with Gasteiger partial charge in [-0.2, -0.15) is 0 Å². The molecule has 4 heteroatoms. The number of hydrogen-bond donors (Lipinski definition) is 1. The lowest BCUT2D eigenvalue weighted by Crippen LogP contribution is -2.01. The van der Waals surface area contributed by atoms with Crippen molar-refractivity contribution in [3.8, 4) is 10.6 Å². The molecule has 16 heavy (non-hydrogen) atoms. The van der Waals surface area contributed by atoms with Crippen molar-refractivity contribution in [2.45, 2.75) is 19.9 Å². The molecule has 0 amide bonds. The molecule has 1 unspecified atom stereocenters. The van der Waals surface area contributed by atoms with Crippen LogP contribution in [0.1, 0.15) is 23.4 Å². The molecule has 1 aromatic heterocycles. The molecule has 1 atom stereocenters. The fourth-order valence-corrected chi connectivity index (χ4v) is 2.31. The maximum absolute atomic E-state index is 13.6. The van der Waals surface area contributed by atoms with Crippen molar-refractivity contribution in [2.75, 3.05) is 0 Å². The minimum absolute atomic E-state index is 0.0564. The fourth-order valence-electron chi connectivity index (χ4n) is 1.42. The molecule has 0 aliphatic carbocycles. The van der Waals surface area contributed by atoms with E-state index in [2.05, 4.69) is 4.98 Å². The van der Waals surface area contributed by atoms with Gasteiger partial charge in [0.2, 0.25) is 0 Å². The number of hydrogen-bond acceptors (Lipinski definition) is 3. The van der Waals surface area contributed by atoms with Gasteiger partial charge < -0.3 is 5.73 Å². The van der Waals surface area contributed by atoms with Gasteiger partial charge in [-0.25, -0.2) is 9.37 Å². The molecule has 0 radical (unpaired) electrons. The molecule has 0 saturated heterocycles. The van der Waals surface area contributed by atoms with Gasteiger partial charge in [0, 0.05) is 22.7 Å². The Morgan fingerprint density at radius 1 is 1.44 bits per heavy atom. The second-order valence-electron chi connectivity index (χ2n) is 3.84. The third-order valence-corrected chi connectivity index (χ3v) is 3.56. The Kier molecular flexibility index (Phi) is 3.03. The maximum Gasteiger partial charge on any atom is 0.133 e. The van der Waals surface area contributed by atoms with E-state index in [1.54, 1.807) is 18.3 Å². The van der Waals surface area contributed by atoms with Crippen LogP contribution in [0.5, 0.6) is 0 Å². The average molecular weight is 236 g/mol. The van der Waals surface area contributed by atoms with Crippen LogP contribution < -0.4 is 5.73 Å². The smallest absolute Gasteiger partial charge is 0.133 e. The molecule has 2 aromatic rings. The van der Waals surface area contributed by atoms with Gasteiger partial charge in [-0.05, 0) is 26.0 Å². The van der Waals surface area contributed by atoms with Gasteiger partial charge in [0.25, 0.3) is 0 Å². The Labute approximate surface area is 97.9 Å². The summed E-state index contributed by atoms with van der Waals surface area (Å²) in [6, 6.07) is 4.97. The normalized spacial score (nSPS) is 12.8. The molecule has 0 spiro atoms. The number of rotatable bonds is 2. The van der Waals surface area contributed by atoms with E-state index >= 15 is 0 Å². The lowest BCUT2D eigenvalue weighted by molar-refractivity contribution is 0.631. The molecule has 84 valence electrons. The SMILES string of the molecule is Cc1ccc(F)c(-c2ncc(C(C)N)s2)c1. The summed E-state index contributed by atoms with van der Waals surface area (Å²) in [6.07, 6.45) is 1.71. The minimum atomic E-state index is -0.240. The number of thiazole rings is 1. The predicted molar refractivity (Wildman–Crippen MR) is 64.8 cm³/mol. The molecular formula is C12H13FN2S. The highest BCUT2D eigenvalue weighted by Crippen LogP contribution is 2.30. The molecule has 1 aromatic carbocycles. The van der Waals surface area contributed by atoms with E-state index in [-0.39, 0.29) is 11.9 Å². The molecule has 0 fully saturated rings. The quantitative estimate of drug-likeness (QED) is 0.869. The summed E-state index contributed by atoms with van der Waals surface area (Å²) >= 11 is 1.44. The van der Waals surface area contributed by atoms with Gasteiger partial charge in [0.1, 0.15) is 10.8 Å². The Bertz CT molecular complexity index is 505. The lowest BCUT2D eigenvalue weighted by atomic mass is 10.1. The first kappa shape index (κ1) is 11.2. The van der Waals surface area contributed by atoms with Crippen LogP contribution in [0.4, 0.5) is 4.39 Å². The van der Waals surface area contributed by atoms with E-state index in [1.807, 2.05) is 13.8 Å². The highest BCUT2D eigenvalue weighted by molar-refractivity contribution is 7.15. The van der Waals surface area contributed by atoms with Crippen molar-refractivity contribution in [1.82, 2.24) is 4.98 Å². The zero-order chi connectivity index (χ0) is 11.7. The molecule has 1 heterocycles. The third kappa shape index (κ3) is 2.13. The number of halogens is 1. The summed E-state index contributed by atoms with van der Waals surface area (Å²) in [5.74, 6) is -0.240. The van der Waals surface area contributed by atoms with Gasteiger partial charge in [-0.3, -0.25) is 0 Å². The lowest BCUT2D eigenvalue weighted by Gasteiger charge is -2.01. The Balaban J connectivity index is 2.46. The molecule has 2 nitrogen and oxygen atoms in total. The summed E-state index contributed by atoms with van der Waals surface area (Å²) < 4.78 is 13.6. The van der Waals surface area contributed by atoms with Crippen LogP contribution in [0.15, 0.2) is 24.4 Å². The summed E-state index contributed by atoms with van der Waals surface area (Å²) in [7, 11) is 0. The van der Waals surface area contributed by atoms with Gasteiger partial charge in [0.15, 0.2) is 0 Å². The average Bonchev–Trinajstić information content (AvgIpc) is 2.70. The molecule has 0 bridgehead atoms. The highest BCUT2D eigenvalue weighted by atomic mass is 32.1. The first-order chi connectivity index (χ1) is 7.58. The number of aryl methyl sites for hydroxylation is 1. The maximum atomic E-state index is 13.6. The fraction of sp³-hybridized carbons (Fsp3) is 0.250. The van der Waals surface area contributed by atoms with Crippen LogP contribution in [-0.2, 0) is 0 Å². The molecular weight excluding hydrogens is 223 g/mol. The summed E-state index contributed by atoms with van der Waals surface area (Å²) in [5, 5.41) is 0.688. The molecule has 2 rings (SSSR count). The largest absolute Gasteiger partial charge is 0.323 e. The van der Waals surface area contributed by atoms with E-state index in [4.69, 9.17) is 5.73 Å².